The second-order valence-electron chi connectivity index (χ2n) is 6.69. The first-order chi connectivity index (χ1) is 12.8. The summed E-state index contributed by atoms with van der Waals surface area (Å²) in [4.78, 5) is 9.12. The molecular weight excluding hydrogens is 326 g/mol. The van der Waals surface area contributed by atoms with E-state index in [0.29, 0.717) is 0 Å². The molecule has 0 amide bonds. The maximum Gasteiger partial charge on any atom is 0.123 e. The van der Waals surface area contributed by atoms with Gasteiger partial charge in [-0.3, -0.25) is 14.8 Å². The highest BCUT2D eigenvalue weighted by Crippen LogP contribution is 2.20. The second-order valence-corrected chi connectivity index (χ2v) is 6.69. The Hall–Kier alpha value is -1.95. The van der Waals surface area contributed by atoms with Crippen LogP contribution in [0.15, 0.2) is 48.8 Å². The summed E-state index contributed by atoms with van der Waals surface area (Å²) in [5, 5.41) is 0. The van der Waals surface area contributed by atoms with E-state index in [1.54, 1.807) is 7.11 Å². The zero-order valence-electron chi connectivity index (χ0n) is 15.6. The summed E-state index contributed by atoms with van der Waals surface area (Å²) in [5.74, 6) is 0.959. The Morgan fingerprint density at radius 3 is 2.62 bits per heavy atom. The van der Waals surface area contributed by atoms with Crippen LogP contribution in [-0.2, 0) is 17.8 Å². The Balaban J connectivity index is 1.61. The SMILES string of the molecule is COc1ccccc1CN(CCCN1CCOCC1)Cc1ccncc1. The number of pyridine rings is 1. The number of hydrogen-bond donors (Lipinski definition) is 0. The number of morpholine rings is 1. The van der Waals surface area contributed by atoms with E-state index in [-0.39, 0.29) is 0 Å². The molecule has 0 aliphatic carbocycles. The van der Waals surface area contributed by atoms with Crippen molar-refractivity contribution >= 4 is 0 Å². The summed E-state index contributed by atoms with van der Waals surface area (Å²) in [6.07, 6.45) is 4.88. The van der Waals surface area contributed by atoms with Crippen molar-refractivity contribution in [3.05, 3.63) is 59.9 Å². The lowest BCUT2D eigenvalue weighted by Crippen LogP contribution is -2.38. The number of methoxy groups -OCH3 is 1. The van der Waals surface area contributed by atoms with E-state index in [0.717, 1.165) is 64.7 Å². The Kier molecular flexibility index (Phi) is 7.43. The van der Waals surface area contributed by atoms with Crippen molar-refractivity contribution in [3.63, 3.8) is 0 Å². The lowest BCUT2D eigenvalue weighted by Gasteiger charge is -2.28. The predicted octanol–water partition coefficient (Wildman–Crippen LogP) is 2.81. The molecule has 2 aromatic rings. The van der Waals surface area contributed by atoms with Crippen LogP contribution in [0.5, 0.6) is 5.75 Å². The highest BCUT2D eigenvalue weighted by atomic mass is 16.5. The number of para-hydroxylation sites is 1. The molecule has 0 saturated carbocycles. The van der Waals surface area contributed by atoms with Gasteiger partial charge in [-0.2, -0.15) is 0 Å². The third-order valence-corrected chi connectivity index (χ3v) is 4.79. The summed E-state index contributed by atoms with van der Waals surface area (Å²) in [5.41, 5.74) is 2.52. The molecule has 0 bridgehead atoms. The molecule has 1 aromatic carbocycles. The normalized spacial score (nSPS) is 15.3. The van der Waals surface area contributed by atoms with Crippen molar-refractivity contribution < 1.29 is 9.47 Å². The van der Waals surface area contributed by atoms with Crippen LogP contribution in [0.25, 0.3) is 0 Å². The summed E-state index contributed by atoms with van der Waals surface area (Å²) in [7, 11) is 1.74. The molecular formula is C21H29N3O2. The average molecular weight is 355 g/mol. The van der Waals surface area contributed by atoms with Crippen molar-refractivity contribution in [1.82, 2.24) is 14.8 Å². The molecule has 1 fully saturated rings. The van der Waals surface area contributed by atoms with Crippen molar-refractivity contribution in [3.8, 4) is 5.75 Å². The molecule has 0 N–H and O–H groups in total. The number of hydrogen-bond acceptors (Lipinski definition) is 5. The van der Waals surface area contributed by atoms with Crippen molar-refractivity contribution in [2.75, 3.05) is 46.5 Å². The lowest BCUT2D eigenvalue weighted by molar-refractivity contribution is 0.0358. The van der Waals surface area contributed by atoms with Crippen molar-refractivity contribution in [1.29, 1.82) is 0 Å². The maximum atomic E-state index is 5.54. The third kappa shape index (κ3) is 5.80. The summed E-state index contributed by atoms with van der Waals surface area (Å²) >= 11 is 0. The second kappa shape index (κ2) is 10.3. The molecule has 0 radical (unpaired) electrons. The fraction of sp³-hybridized carbons (Fsp3) is 0.476. The Bertz CT molecular complexity index is 645. The van der Waals surface area contributed by atoms with E-state index in [1.807, 2.05) is 24.5 Å². The first-order valence-electron chi connectivity index (χ1n) is 9.38. The first-order valence-corrected chi connectivity index (χ1v) is 9.38. The highest BCUT2D eigenvalue weighted by molar-refractivity contribution is 5.33. The topological polar surface area (TPSA) is 37.8 Å². The van der Waals surface area contributed by atoms with E-state index in [4.69, 9.17) is 9.47 Å². The van der Waals surface area contributed by atoms with Gasteiger partial charge >= 0.3 is 0 Å². The molecule has 0 atom stereocenters. The van der Waals surface area contributed by atoms with Crippen LogP contribution in [0.1, 0.15) is 17.5 Å². The van der Waals surface area contributed by atoms with Crippen LogP contribution < -0.4 is 4.74 Å². The van der Waals surface area contributed by atoms with Gasteiger partial charge in [0.15, 0.2) is 0 Å². The quantitative estimate of drug-likeness (QED) is 0.691. The molecule has 3 rings (SSSR count). The van der Waals surface area contributed by atoms with E-state index < -0.39 is 0 Å². The minimum absolute atomic E-state index is 0.863. The lowest BCUT2D eigenvalue weighted by atomic mass is 10.1. The molecule has 2 heterocycles. The number of rotatable bonds is 9. The fourth-order valence-corrected chi connectivity index (χ4v) is 3.38. The van der Waals surface area contributed by atoms with Crippen LogP contribution in [0.3, 0.4) is 0 Å². The van der Waals surface area contributed by atoms with Crippen LogP contribution in [0.2, 0.25) is 0 Å². The third-order valence-electron chi connectivity index (χ3n) is 4.79. The van der Waals surface area contributed by atoms with Gasteiger partial charge < -0.3 is 9.47 Å². The minimum atomic E-state index is 0.863. The van der Waals surface area contributed by atoms with Gasteiger partial charge in [0.05, 0.1) is 20.3 Å². The van der Waals surface area contributed by atoms with Gasteiger partial charge in [0.25, 0.3) is 0 Å². The van der Waals surface area contributed by atoms with E-state index in [1.165, 1.54) is 11.1 Å². The molecule has 1 aromatic heterocycles. The van der Waals surface area contributed by atoms with Crippen molar-refractivity contribution in [2.24, 2.45) is 0 Å². The standard InChI is InChI=1S/C21H29N3O2/c1-25-21-6-3-2-5-20(21)18-24(17-19-7-9-22-10-8-19)12-4-11-23-13-15-26-16-14-23/h2-3,5-10H,4,11-18H2,1H3. The molecule has 0 unspecified atom stereocenters. The first kappa shape index (κ1) is 18.8. The van der Waals surface area contributed by atoms with Crippen LogP contribution >= 0.6 is 0 Å². The van der Waals surface area contributed by atoms with E-state index >= 15 is 0 Å². The van der Waals surface area contributed by atoms with Gasteiger partial charge in [-0.15, -0.1) is 0 Å². The minimum Gasteiger partial charge on any atom is -0.496 e. The Morgan fingerprint density at radius 2 is 1.85 bits per heavy atom. The van der Waals surface area contributed by atoms with E-state index in [9.17, 15) is 0 Å². The largest absolute Gasteiger partial charge is 0.496 e. The fourth-order valence-electron chi connectivity index (χ4n) is 3.38. The highest BCUT2D eigenvalue weighted by Gasteiger charge is 2.13. The summed E-state index contributed by atoms with van der Waals surface area (Å²) in [6.45, 7) is 7.82. The molecule has 5 nitrogen and oxygen atoms in total. The Morgan fingerprint density at radius 1 is 1.08 bits per heavy atom. The van der Waals surface area contributed by atoms with Gasteiger partial charge in [0, 0.05) is 50.7 Å². The molecule has 0 spiro atoms. The van der Waals surface area contributed by atoms with Gasteiger partial charge in [0.2, 0.25) is 0 Å². The van der Waals surface area contributed by atoms with Gasteiger partial charge in [0.1, 0.15) is 5.75 Å². The summed E-state index contributed by atoms with van der Waals surface area (Å²) in [6, 6.07) is 12.5. The van der Waals surface area contributed by atoms with Gasteiger partial charge in [-0.25, -0.2) is 0 Å². The Labute approximate surface area is 156 Å². The van der Waals surface area contributed by atoms with Crippen LogP contribution in [-0.4, -0.2) is 61.3 Å². The van der Waals surface area contributed by atoms with Gasteiger partial charge in [-0.1, -0.05) is 18.2 Å². The van der Waals surface area contributed by atoms with Crippen molar-refractivity contribution in [2.45, 2.75) is 19.5 Å². The zero-order valence-corrected chi connectivity index (χ0v) is 15.6. The number of aromatic nitrogens is 1. The number of benzene rings is 1. The molecule has 5 heteroatoms. The smallest absolute Gasteiger partial charge is 0.123 e. The average Bonchev–Trinajstić information content (AvgIpc) is 2.70. The monoisotopic (exact) mass is 355 g/mol. The summed E-state index contributed by atoms with van der Waals surface area (Å²) < 4.78 is 11.0. The number of ether oxygens (including phenoxy) is 2. The molecule has 26 heavy (non-hydrogen) atoms. The number of nitrogens with zero attached hydrogens (tertiary/aromatic N) is 3. The van der Waals surface area contributed by atoms with Crippen LogP contribution in [0.4, 0.5) is 0 Å². The molecule has 1 aliphatic rings. The zero-order chi connectivity index (χ0) is 18.0. The molecule has 140 valence electrons. The maximum absolute atomic E-state index is 5.54. The molecule has 1 saturated heterocycles. The van der Waals surface area contributed by atoms with Crippen LogP contribution in [0, 0.1) is 0 Å². The molecule has 1 aliphatic heterocycles. The van der Waals surface area contributed by atoms with Gasteiger partial charge in [-0.05, 0) is 36.7 Å². The predicted molar refractivity (Wildman–Crippen MR) is 103 cm³/mol. The van der Waals surface area contributed by atoms with E-state index in [2.05, 4.69) is 39.0 Å².